The Morgan fingerprint density at radius 1 is 1.26 bits per heavy atom. The van der Waals surface area contributed by atoms with E-state index in [4.69, 9.17) is 5.73 Å². The zero-order chi connectivity index (χ0) is 16.5. The Labute approximate surface area is 141 Å². The molecular formula is C20H34N2O. The van der Waals surface area contributed by atoms with Gasteiger partial charge in [-0.15, -0.1) is 0 Å². The van der Waals surface area contributed by atoms with Crippen molar-refractivity contribution in [1.82, 2.24) is 0 Å². The molecule has 0 spiro atoms. The lowest BCUT2D eigenvalue weighted by Gasteiger charge is -2.21. The normalized spacial score (nSPS) is 18.0. The molecule has 2 atom stereocenters. The van der Waals surface area contributed by atoms with Crippen LogP contribution in [-0.2, 0) is 0 Å². The molecule has 3 nitrogen and oxygen atoms in total. The molecule has 3 heteroatoms. The average molecular weight is 319 g/mol. The van der Waals surface area contributed by atoms with Gasteiger partial charge in [-0.1, -0.05) is 51.2 Å². The topological polar surface area (TPSA) is 58.3 Å². The maximum atomic E-state index is 10.1. The van der Waals surface area contributed by atoms with Crippen LogP contribution in [0.1, 0.15) is 70.0 Å². The van der Waals surface area contributed by atoms with Gasteiger partial charge in [-0.25, -0.2) is 0 Å². The second-order valence-corrected chi connectivity index (χ2v) is 7.14. The third kappa shape index (κ3) is 6.15. The van der Waals surface area contributed by atoms with Crippen molar-refractivity contribution < 1.29 is 5.11 Å². The van der Waals surface area contributed by atoms with E-state index >= 15 is 0 Å². The maximum absolute atomic E-state index is 10.1. The number of rotatable bonds is 10. The first-order chi connectivity index (χ1) is 11.2. The smallest absolute Gasteiger partial charge is 0.0802 e. The third-order valence-electron chi connectivity index (χ3n) is 5.14. The third-order valence-corrected chi connectivity index (χ3v) is 5.14. The second kappa shape index (κ2) is 9.94. The number of hydrogen-bond donors (Lipinski definition) is 3. The van der Waals surface area contributed by atoms with E-state index in [1.807, 2.05) is 12.1 Å². The van der Waals surface area contributed by atoms with Crippen LogP contribution in [0.15, 0.2) is 24.3 Å². The number of nitrogens with two attached hydrogens (primary N) is 1. The van der Waals surface area contributed by atoms with Crippen molar-refractivity contribution in [2.75, 3.05) is 18.4 Å². The summed E-state index contributed by atoms with van der Waals surface area (Å²) in [5.74, 6) is 1.71. The summed E-state index contributed by atoms with van der Waals surface area (Å²) in [6, 6.07) is 8.16. The molecule has 1 aliphatic rings. The van der Waals surface area contributed by atoms with Gasteiger partial charge in [0.2, 0.25) is 0 Å². The summed E-state index contributed by atoms with van der Waals surface area (Å²) in [5, 5.41) is 13.7. The van der Waals surface area contributed by atoms with Gasteiger partial charge in [-0.3, -0.25) is 0 Å². The molecule has 1 aromatic carbocycles. The van der Waals surface area contributed by atoms with Crippen LogP contribution >= 0.6 is 0 Å². The van der Waals surface area contributed by atoms with Gasteiger partial charge in [0.1, 0.15) is 0 Å². The molecule has 0 radical (unpaired) electrons. The molecule has 130 valence electrons. The largest absolute Gasteiger partial charge is 0.388 e. The lowest BCUT2D eigenvalue weighted by molar-refractivity contribution is 0.170. The number of hydrogen-bond acceptors (Lipinski definition) is 3. The fourth-order valence-electron chi connectivity index (χ4n) is 3.87. The van der Waals surface area contributed by atoms with Crippen LogP contribution in [0.5, 0.6) is 0 Å². The van der Waals surface area contributed by atoms with E-state index in [0.29, 0.717) is 13.0 Å². The van der Waals surface area contributed by atoms with Crippen molar-refractivity contribution >= 4 is 5.69 Å². The Morgan fingerprint density at radius 3 is 2.74 bits per heavy atom. The Kier molecular flexibility index (Phi) is 7.90. The van der Waals surface area contributed by atoms with Crippen LogP contribution in [0.25, 0.3) is 0 Å². The van der Waals surface area contributed by atoms with Crippen LogP contribution in [0.4, 0.5) is 5.69 Å². The lowest BCUT2D eigenvalue weighted by atomic mass is 9.90. The first kappa shape index (κ1) is 18.3. The van der Waals surface area contributed by atoms with Crippen molar-refractivity contribution in [3.8, 4) is 0 Å². The summed E-state index contributed by atoms with van der Waals surface area (Å²) in [5.41, 5.74) is 7.62. The molecule has 0 amide bonds. The summed E-state index contributed by atoms with van der Waals surface area (Å²) in [7, 11) is 0. The Bertz CT molecular complexity index is 443. The van der Waals surface area contributed by atoms with Crippen LogP contribution in [0.2, 0.25) is 0 Å². The summed E-state index contributed by atoms with van der Waals surface area (Å²) in [4.78, 5) is 0. The molecule has 0 bridgehead atoms. The van der Waals surface area contributed by atoms with Crippen LogP contribution in [0.3, 0.4) is 0 Å². The molecule has 4 N–H and O–H groups in total. The summed E-state index contributed by atoms with van der Waals surface area (Å²) >= 11 is 0. The minimum absolute atomic E-state index is 0.452. The number of aliphatic hydroxyl groups is 1. The summed E-state index contributed by atoms with van der Waals surface area (Å²) < 4.78 is 0. The van der Waals surface area contributed by atoms with Gasteiger partial charge in [0, 0.05) is 12.2 Å². The molecule has 1 aromatic rings. The van der Waals surface area contributed by atoms with Gasteiger partial charge in [0.05, 0.1) is 6.10 Å². The minimum Gasteiger partial charge on any atom is -0.388 e. The highest BCUT2D eigenvalue weighted by Gasteiger charge is 2.19. The van der Waals surface area contributed by atoms with Crippen molar-refractivity contribution in [3.05, 3.63) is 29.8 Å². The summed E-state index contributed by atoms with van der Waals surface area (Å²) in [6.45, 7) is 3.84. The van der Waals surface area contributed by atoms with Crippen molar-refractivity contribution in [2.45, 2.75) is 64.4 Å². The number of benzene rings is 1. The molecular weight excluding hydrogens is 284 g/mol. The highest BCUT2D eigenvalue weighted by molar-refractivity contribution is 5.46. The van der Waals surface area contributed by atoms with Crippen LogP contribution in [-0.4, -0.2) is 18.2 Å². The Balaban J connectivity index is 1.87. The van der Waals surface area contributed by atoms with E-state index in [-0.39, 0.29) is 0 Å². The van der Waals surface area contributed by atoms with E-state index < -0.39 is 6.10 Å². The summed E-state index contributed by atoms with van der Waals surface area (Å²) in [6.07, 6.45) is 9.82. The number of anilines is 1. The fraction of sp³-hybridized carbons (Fsp3) is 0.700. The molecule has 1 fully saturated rings. The molecule has 1 saturated carbocycles. The zero-order valence-corrected chi connectivity index (χ0v) is 14.6. The van der Waals surface area contributed by atoms with Gasteiger partial charge in [0.15, 0.2) is 0 Å². The molecule has 23 heavy (non-hydrogen) atoms. The Morgan fingerprint density at radius 2 is 2.04 bits per heavy atom. The SMILES string of the molecule is CCCC(CNc1cccc(C(O)CCN)c1)CC1CCCC1. The molecule has 0 heterocycles. The maximum Gasteiger partial charge on any atom is 0.0802 e. The molecule has 2 unspecified atom stereocenters. The van der Waals surface area contributed by atoms with Gasteiger partial charge in [-0.05, 0) is 55.3 Å². The lowest BCUT2D eigenvalue weighted by Crippen LogP contribution is -2.17. The van der Waals surface area contributed by atoms with Crippen molar-refractivity contribution in [2.24, 2.45) is 17.6 Å². The van der Waals surface area contributed by atoms with E-state index in [1.54, 1.807) is 0 Å². The molecule has 0 aliphatic heterocycles. The highest BCUT2D eigenvalue weighted by atomic mass is 16.3. The van der Waals surface area contributed by atoms with E-state index in [2.05, 4.69) is 24.4 Å². The quantitative estimate of drug-likeness (QED) is 0.596. The molecule has 1 aliphatic carbocycles. The number of nitrogens with one attached hydrogen (secondary N) is 1. The molecule has 2 rings (SSSR count). The van der Waals surface area contributed by atoms with E-state index in [0.717, 1.165) is 29.6 Å². The van der Waals surface area contributed by atoms with Crippen LogP contribution < -0.4 is 11.1 Å². The van der Waals surface area contributed by atoms with Crippen molar-refractivity contribution in [1.29, 1.82) is 0 Å². The Hall–Kier alpha value is -1.06. The molecule has 0 aromatic heterocycles. The standard InChI is InChI=1S/C20H34N2O/c1-2-6-17(13-16-7-3-4-8-16)15-22-19-10-5-9-18(14-19)20(23)11-12-21/h5,9-10,14,16-17,20,22-23H,2-4,6-8,11-13,15,21H2,1H3. The van der Waals surface area contributed by atoms with Gasteiger partial charge < -0.3 is 16.2 Å². The molecule has 0 saturated heterocycles. The first-order valence-electron chi connectivity index (χ1n) is 9.44. The predicted octanol–water partition coefficient (Wildman–Crippen LogP) is 4.48. The monoisotopic (exact) mass is 318 g/mol. The average Bonchev–Trinajstić information content (AvgIpc) is 3.06. The van der Waals surface area contributed by atoms with Gasteiger partial charge in [-0.2, -0.15) is 0 Å². The highest BCUT2D eigenvalue weighted by Crippen LogP contribution is 2.32. The first-order valence-corrected chi connectivity index (χ1v) is 9.44. The second-order valence-electron chi connectivity index (χ2n) is 7.14. The van der Waals surface area contributed by atoms with E-state index in [9.17, 15) is 5.11 Å². The van der Waals surface area contributed by atoms with Crippen LogP contribution in [0, 0.1) is 11.8 Å². The van der Waals surface area contributed by atoms with Gasteiger partial charge >= 0.3 is 0 Å². The minimum atomic E-state index is -0.452. The predicted molar refractivity (Wildman–Crippen MR) is 98.5 cm³/mol. The van der Waals surface area contributed by atoms with Crippen molar-refractivity contribution in [3.63, 3.8) is 0 Å². The van der Waals surface area contributed by atoms with E-state index in [1.165, 1.54) is 44.9 Å². The number of aliphatic hydroxyl groups excluding tert-OH is 1. The fourth-order valence-corrected chi connectivity index (χ4v) is 3.87. The zero-order valence-electron chi connectivity index (χ0n) is 14.6. The van der Waals surface area contributed by atoms with Gasteiger partial charge in [0.25, 0.3) is 0 Å².